The van der Waals surface area contributed by atoms with Crippen LogP contribution in [0.5, 0.6) is 0 Å². The number of aliphatic imine (C=N–C) groups is 1. The third-order valence-electron chi connectivity index (χ3n) is 4.52. The maximum atomic E-state index is 13.0. The highest BCUT2D eigenvalue weighted by atomic mass is 32.2. The fraction of sp³-hybridized carbons (Fsp3) is 0.450. The SMILES string of the molecule is CC[C@H]1SC2=NC(C)=C(C(=O)OC(C)C)[C@@H](c3ccc(SC)cc3)N2C1=O. The van der Waals surface area contributed by atoms with Crippen LogP contribution in [0.15, 0.2) is 45.4 Å². The fourth-order valence-electron chi connectivity index (χ4n) is 3.23. The predicted molar refractivity (Wildman–Crippen MR) is 111 cm³/mol. The van der Waals surface area contributed by atoms with Gasteiger partial charge in [0.15, 0.2) is 5.17 Å². The van der Waals surface area contributed by atoms with Gasteiger partial charge in [0.1, 0.15) is 0 Å². The van der Waals surface area contributed by atoms with Gasteiger partial charge in [-0.3, -0.25) is 9.69 Å². The number of carbonyl (C=O) groups is 2. The minimum atomic E-state index is -0.504. The summed E-state index contributed by atoms with van der Waals surface area (Å²) in [5.74, 6) is -0.412. The van der Waals surface area contributed by atoms with Gasteiger partial charge in [-0.05, 0) is 51.1 Å². The molecular formula is C20H24N2O3S2. The zero-order chi connectivity index (χ0) is 19.7. The van der Waals surface area contributed by atoms with Gasteiger partial charge in [-0.15, -0.1) is 11.8 Å². The minimum absolute atomic E-state index is 0.00235. The summed E-state index contributed by atoms with van der Waals surface area (Å²) in [5, 5.41) is 0.509. The molecule has 144 valence electrons. The number of carbonyl (C=O) groups excluding carboxylic acids is 2. The molecule has 27 heavy (non-hydrogen) atoms. The average Bonchev–Trinajstić information content (AvgIpc) is 2.95. The van der Waals surface area contributed by atoms with E-state index in [1.165, 1.54) is 11.8 Å². The number of benzene rings is 1. The summed E-state index contributed by atoms with van der Waals surface area (Å²) in [6.07, 6.45) is 2.50. The predicted octanol–water partition coefficient (Wildman–Crippen LogP) is 4.40. The van der Waals surface area contributed by atoms with Crippen LogP contribution in [0.3, 0.4) is 0 Å². The molecule has 1 aromatic carbocycles. The largest absolute Gasteiger partial charge is 0.459 e. The van der Waals surface area contributed by atoms with Crippen LogP contribution in [0.25, 0.3) is 0 Å². The van der Waals surface area contributed by atoms with Crippen LogP contribution in [0.2, 0.25) is 0 Å². The molecule has 7 heteroatoms. The molecule has 1 amide bonds. The van der Waals surface area contributed by atoms with E-state index < -0.39 is 12.0 Å². The van der Waals surface area contributed by atoms with Crippen molar-refractivity contribution in [3.8, 4) is 0 Å². The lowest BCUT2D eigenvalue weighted by molar-refractivity contribution is -0.143. The van der Waals surface area contributed by atoms with E-state index in [1.807, 2.05) is 58.2 Å². The Balaban J connectivity index is 2.10. The van der Waals surface area contributed by atoms with Crippen LogP contribution < -0.4 is 0 Å². The molecule has 5 nitrogen and oxygen atoms in total. The number of allylic oxidation sites excluding steroid dienone is 1. The molecule has 0 aliphatic carbocycles. The highest BCUT2D eigenvalue weighted by Gasteiger charge is 2.47. The molecule has 1 aromatic rings. The van der Waals surface area contributed by atoms with Gasteiger partial charge in [-0.2, -0.15) is 0 Å². The summed E-state index contributed by atoms with van der Waals surface area (Å²) in [4.78, 5) is 33.3. The number of amidine groups is 1. The number of ether oxygens (including phenoxy) is 1. The summed E-state index contributed by atoms with van der Waals surface area (Å²) >= 11 is 3.13. The van der Waals surface area contributed by atoms with Gasteiger partial charge in [-0.1, -0.05) is 30.8 Å². The number of esters is 1. The number of thioether (sulfide) groups is 2. The maximum Gasteiger partial charge on any atom is 0.338 e. The Hall–Kier alpha value is -1.73. The number of rotatable bonds is 5. The lowest BCUT2D eigenvalue weighted by Gasteiger charge is -2.33. The molecule has 2 heterocycles. The van der Waals surface area contributed by atoms with Gasteiger partial charge >= 0.3 is 5.97 Å². The standard InChI is InChI=1S/C20H24N2O3S2/c1-6-15-18(23)22-17(13-7-9-14(26-5)10-8-13)16(19(24)25-11(2)3)12(4)21-20(22)27-15/h7-11,15,17H,6H2,1-5H3/t15-,17-/m1/s1. The number of amides is 1. The van der Waals surface area contributed by atoms with Crippen molar-refractivity contribution in [2.24, 2.45) is 4.99 Å². The van der Waals surface area contributed by atoms with E-state index in [4.69, 9.17) is 4.74 Å². The van der Waals surface area contributed by atoms with Crippen molar-refractivity contribution >= 4 is 40.6 Å². The molecule has 0 radical (unpaired) electrons. The minimum Gasteiger partial charge on any atom is -0.459 e. The van der Waals surface area contributed by atoms with Crippen LogP contribution in [-0.2, 0) is 14.3 Å². The Bertz CT molecular complexity index is 815. The summed E-state index contributed by atoms with van der Waals surface area (Å²) in [5.41, 5.74) is 1.94. The summed E-state index contributed by atoms with van der Waals surface area (Å²) in [6.45, 7) is 7.44. The molecule has 0 saturated carbocycles. The Labute approximate surface area is 168 Å². The second-order valence-corrected chi connectivity index (χ2v) is 8.80. The van der Waals surface area contributed by atoms with Crippen LogP contribution in [0, 0.1) is 0 Å². The fourth-order valence-corrected chi connectivity index (χ4v) is 4.77. The Morgan fingerprint density at radius 2 is 2.00 bits per heavy atom. The molecule has 0 N–H and O–H groups in total. The van der Waals surface area contributed by atoms with E-state index in [0.717, 1.165) is 16.9 Å². The van der Waals surface area contributed by atoms with Crippen molar-refractivity contribution in [3.63, 3.8) is 0 Å². The number of hydrogen-bond donors (Lipinski definition) is 0. The zero-order valence-corrected chi connectivity index (χ0v) is 17.8. The average molecular weight is 405 g/mol. The number of nitrogens with zero attached hydrogens (tertiary/aromatic N) is 2. The van der Waals surface area contributed by atoms with Gasteiger partial charge in [0.05, 0.1) is 28.7 Å². The van der Waals surface area contributed by atoms with Crippen molar-refractivity contribution in [1.82, 2.24) is 4.90 Å². The van der Waals surface area contributed by atoms with Crippen molar-refractivity contribution in [1.29, 1.82) is 0 Å². The summed E-state index contributed by atoms with van der Waals surface area (Å²) < 4.78 is 5.48. The van der Waals surface area contributed by atoms with Crippen LogP contribution in [0.1, 0.15) is 45.7 Å². The molecule has 0 unspecified atom stereocenters. The lowest BCUT2D eigenvalue weighted by Crippen LogP contribution is -2.41. The van der Waals surface area contributed by atoms with Crippen LogP contribution in [-0.4, -0.2) is 39.6 Å². The van der Waals surface area contributed by atoms with Gasteiger partial charge in [0, 0.05) is 4.90 Å². The first-order valence-corrected chi connectivity index (χ1v) is 11.1. The summed E-state index contributed by atoms with van der Waals surface area (Å²) in [6, 6.07) is 7.48. The van der Waals surface area contributed by atoms with Gasteiger partial charge in [0.2, 0.25) is 5.91 Å². The quantitative estimate of drug-likeness (QED) is 0.538. The molecule has 1 saturated heterocycles. The molecule has 0 bridgehead atoms. The van der Waals surface area contributed by atoms with E-state index in [1.54, 1.807) is 16.7 Å². The molecule has 2 atom stereocenters. The number of fused-ring (bicyclic) bond motifs is 1. The van der Waals surface area contributed by atoms with E-state index in [-0.39, 0.29) is 17.3 Å². The molecule has 0 aromatic heterocycles. The van der Waals surface area contributed by atoms with Gasteiger partial charge in [-0.25, -0.2) is 9.79 Å². The second-order valence-electron chi connectivity index (χ2n) is 6.75. The summed E-state index contributed by atoms with van der Waals surface area (Å²) in [7, 11) is 0. The molecule has 3 rings (SSSR count). The van der Waals surface area contributed by atoms with E-state index >= 15 is 0 Å². The smallest absolute Gasteiger partial charge is 0.338 e. The third-order valence-corrected chi connectivity index (χ3v) is 6.58. The van der Waals surface area contributed by atoms with Crippen LogP contribution >= 0.6 is 23.5 Å². The maximum absolute atomic E-state index is 13.0. The molecule has 2 aliphatic heterocycles. The van der Waals surface area contributed by atoms with Crippen molar-refractivity contribution in [2.75, 3.05) is 6.26 Å². The van der Waals surface area contributed by atoms with E-state index in [2.05, 4.69) is 4.99 Å². The van der Waals surface area contributed by atoms with Gasteiger partial charge < -0.3 is 4.74 Å². The van der Waals surface area contributed by atoms with Crippen LogP contribution in [0.4, 0.5) is 0 Å². The first-order chi connectivity index (χ1) is 12.9. The molecule has 0 spiro atoms. The third kappa shape index (κ3) is 3.80. The zero-order valence-electron chi connectivity index (χ0n) is 16.2. The van der Waals surface area contributed by atoms with Crippen molar-refractivity contribution in [3.05, 3.63) is 41.1 Å². The second kappa shape index (κ2) is 8.10. The highest BCUT2D eigenvalue weighted by molar-refractivity contribution is 8.15. The van der Waals surface area contributed by atoms with Crippen molar-refractivity contribution < 1.29 is 14.3 Å². The van der Waals surface area contributed by atoms with E-state index in [9.17, 15) is 9.59 Å². The van der Waals surface area contributed by atoms with Gasteiger partial charge in [0.25, 0.3) is 0 Å². The lowest BCUT2D eigenvalue weighted by atomic mass is 9.94. The van der Waals surface area contributed by atoms with Crippen molar-refractivity contribution in [2.45, 2.75) is 56.4 Å². The highest BCUT2D eigenvalue weighted by Crippen LogP contribution is 2.44. The Morgan fingerprint density at radius 1 is 1.33 bits per heavy atom. The molecular weight excluding hydrogens is 380 g/mol. The Kier molecular flexibility index (Phi) is 6.01. The molecule has 2 aliphatic rings. The monoisotopic (exact) mass is 404 g/mol. The molecule has 1 fully saturated rings. The normalized spacial score (nSPS) is 22.2. The first kappa shape index (κ1) is 20.0. The first-order valence-electron chi connectivity index (χ1n) is 9.01. The number of hydrogen-bond acceptors (Lipinski definition) is 6. The van der Waals surface area contributed by atoms with E-state index in [0.29, 0.717) is 16.4 Å². The Morgan fingerprint density at radius 3 is 2.56 bits per heavy atom. The topological polar surface area (TPSA) is 59.0 Å².